The van der Waals surface area contributed by atoms with Crippen LogP contribution in [0.5, 0.6) is 11.5 Å². The Kier molecular flexibility index (Phi) is 4.57. The zero-order valence-corrected chi connectivity index (χ0v) is 13.4. The summed E-state index contributed by atoms with van der Waals surface area (Å²) in [5, 5.41) is 9.28. The van der Waals surface area contributed by atoms with Gasteiger partial charge in [-0.05, 0) is 29.8 Å². The first-order valence-electron chi connectivity index (χ1n) is 7.73. The normalized spacial score (nSPS) is 16.5. The molecule has 24 heavy (non-hydrogen) atoms. The van der Waals surface area contributed by atoms with Crippen LogP contribution in [0, 0.1) is 0 Å². The predicted octanol–water partition coefficient (Wildman–Crippen LogP) is 1.61. The number of amides is 1. The van der Waals surface area contributed by atoms with Crippen LogP contribution in [0.3, 0.4) is 0 Å². The number of aliphatic hydroxyl groups excluding tert-OH is 1. The van der Waals surface area contributed by atoms with Crippen LogP contribution in [0.2, 0.25) is 0 Å². The first-order valence-corrected chi connectivity index (χ1v) is 7.73. The van der Waals surface area contributed by atoms with Gasteiger partial charge >= 0.3 is 0 Å². The molecule has 2 aromatic rings. The summed E-state index contributed by atoms with van der Waals surface area (Å²) in [5.41, 5.74) is 7.98. The van der Waals surface area contributed by atoms with Crippen molar-refractivity contribution in [3.05, 3.63) is 48.0 Å². The van der Waals surface area contributed by atoms with Crippen molar-refractivity contribution in [1.82, 2.24) is 0 Å². The Balaban J connectivity index is 1.87. The lowest BCUT2D eigenvalue weighted by Crippen LogP contribution is -2.48. The first-order chi connectivity index (χ1) is 11.6. The number of nitrogens with zero attached hydrogens (tertiary/aromatic N) is 1. The van der Waals surface area contributed by atoms with Crippen molar-refractivity contribution in [3.63, 3.8) is 0 Å². The molecule has 1 aliphatic rings. The molecule has 6 heteroatoms. The van der Waals surface area contributed by atoms with Crippen molar-refractivity contribution in [2.75, 3.05) is 30.9 Å². The Labute approximate surface area is 140 Å². The molecular formula is C18H20N2O4. The highest BCUT2D eigenvalue weighted by Gasteiger charge is 2.34. The molecule has 0 aliphatic carbocycles. The van der Waals surface area contributed by atoms with Crippen LogP contribution in [0.25, 0.3) is 0 Å². The van der Waals surface area contributed by atoms with Crippen molar-refractivity contribution < 1.29 is 19.4 Å². The molecule has 1 atom stereocenters. The zero-order chi connectivity index (χ0) is 17.1. The largest absolute Gasteiger partial charge is 0.497 e. The van der Waals surface area contributed by atoms with Crippen LogP contribution in [-0.4, -0.2) is 37.4 Å². The number of nitrogen functional groups attached to an aromatic ring is 1. The van der Waals surface area contributed by atoms with Crippen molar-refractivity contribution in [1.29, 1.82) is 0 Å². The molecular weight excluding hydrogens is 308 g/mol. The molecule has 0 spiro atoms. The van der Waals surface area contributed by atoms with Crippen LogP contribution in [0.1, 0.15) is 5.56 Å². The van der Waals surface area contributed by atoms with Gasteiger partial charge < -0.3 is 25.2 Å². The second-order valence-electron chi connectivity index (χ2n) is 5.60. The average Bonchev–Trinajstić information content (AvgIpc) is 2.59. The summed E-state index contributed by atoms with van der Waals surface area (Å²) in [6, 6.07) is 12.7. The van der Waals surface area contributed by atoms with Crippen LogP contribution in [0.15, 0.2) is 42.5 Å². The number of carbonyl (C=O) groups excluding carboxylic acids is 1. The van der Waals surface area contributed by atoms with Gasteiger partial charge in [-0.15, -0.1) is 0 Å². The van der Waals surface area contributed by atoms with Gasteiger partial charge in [-0.25, -0.2) is 0 Å². The fourth-order valence-electron chi connectivity index (χ4n) is 2.78. The highest BCUT2D eigenvalue weighted by molar-refractivity contribution is 6.00. The van der Waals surface area contributed by atoms with Crippen molar-refractivity contribution >= 4 is 17.3 Å². The van der Waals surface area contributed by atoms with Gasteiger partial charge in [0, 0.05) is 24.7 Å². The number of carbonyl (C=O) groups is 1. The van der Waals surface area contributed by atoms with E-state index in [0.29, 0.717) is 23.5 Å². The number of anilines is 2. The van der Waals surface area contributed by atoms with Gasteiger partial charge in [0.25, 0.3) is 5.91 Å². The summed E-state index contributed by atoms with van der Waals surface area (Å²) >= 11 is 0. The van der Waals surface area contributed by atoms with E-state index in [1.165, 1.54) is 0 Å². The molecule has 3 N–H and O–H groups in total. The molecule has 0 radical (unpaired) electrons. The van der Waals surface area contributed by atoms with E-state index in [1.54, 1.807) is 30.2 Å². The molecule has 1 heterocycles. The van der Waals surface area contributed by atoms with Crippen LogP contribution >= 0.6 is 0 Å². The third-order valence-electron chi connectivity index (χ3n) is 3.99. The maximum atomic E-state index is 12.7. The smallest absolute Gasteiger partial charge is 0.268 e. The Bertz CT molecular complexity index is 730. The second kappa shape index (κ2) is 6.80. The maximum Gasteiger partial charge on any atom is 0.268 e. The number of aliphatic hydroxyl groups is 1. The van der Waals surface area contributed by atoms with E-state index in [4.69, 9.17) is 15.2 Å². The van der Waals surface area contributed by atoms with E-state index in [0.717, 1.165) is 11.3 Å². The van der Waals surface area contributed by atoms with Gasteiger partial charge in [0.15, 0.2) is 6.10 Å². The number of methoxy groups -OCH3 is 1. The fourth-order valence-corrected chi connectivity index (χ4v) is 2.78. The molecule has 2 aromatic carbocycles. The number of β-amino-alcohol motifs (C(OH)–C–C–N with tert-alkyl or cyclic N) is 1. The molecule has 1 aliphatic heterocycles. The summed E-state index contributed by atoms with van der Waals surface area (Å²) in [6.45, 7) is 0.100. The molecule has 0 saturated carbocycles. The number of hydrogen-bond donors (Lipinski definition) is 2. The third-order valence-corrected chi connectivity index (χ3v) is 3.99. The van der Waals surface area contributed by atoms with Gasteiger partial charge in [0.1, 0.15) is 11.5 Å². The van der Waals surface area contributed by atoms with E-state index in [1.807, 2.05) is 24.3 Å². The quantitative estimate of drug-likeness (QED) is 0.815. The highest BCUT2D eigenvalue weighted by Crippen LogP contribution is 2.36. The molecule has 0 saturated heterocycles. The molecule has 126 valence electrons. The predicted molar refractivity (Wildman–Crippen MR) is 91.4 cm³/mol. The maximum absolute atomic E-state index is 12.7. The summed E-state index contributed by atoms with van der Waals surface area (Å²) < 4.78 is 11.0. The monoisotopic (exact) mass is 328 g/mol. The van der Waals surface area contributed by atoms with E-state index < -0.39 is 6.10 Å². The Hall–Kier alpha value is -2.73. The summed E-state index contributed by atoms with van der Waals surface area (Å²) in [5.74, 6) is 1.15. The molecule has 3 rings (SSSR count). The number of fused-ring (bicyclic) bond motifs is 1. The molecule has 0 bridgehead atoms. The van der Waals surface area contributed by atoms with Gasteiger partial charge in [0.2, 0.25) is 0 Å². The Morgan fingerprint density at radius 1 is 1.25 bits per heavy atom. The van der Waals surface area contributed by atoms with E-state index in [2.05, 4.69) is 0 Å². The second-order valence-corrected chi connectivity index (χ2v) is 5.60. The molecule has 0 fully saturated rings. The van der Waals surface area contributed by atoms with Crippen LogP contribution in [0.4, 0.5) is 11.4 Å². The summed E-state index contributed by atoms with van der Waals surface area (Å²) in [6.07, 6.45) is -0.224. The van der Waals surface area contributed by atoms with Crippen molar-refractivity contribution in [2.45, 2.75) is 12.5 Å². The lowest BCUT2D eigenvalue weighted by Gasteiger charge is -2.34. The highest BCUT2D eigenvalue weighted by atomic mass is 16.5. The van der Waals surface area contributed by atoms with Crippen molar-refractivity contribution in [2.24, 2.45) is 0 Å². The van der Waals surface area contributed by atoms with Crippen molar-refractivity contribution in [3.8, 4) is 11.5 Å². The number of ether oxygens (including phenoxy) is 2. The van der Waals surface area contributed by atoms with E-state index in [-0.39, 0.29) is 19.1 Å². The number of rotatable bonds is 5. The van der Waals surface area contributed by atoms with E-state index in [9.17, 15) is 9.90 Å². The minimum absolute atomic E-state index is 0.120. The Morgan fingerprint density at radius 3 is 2.67 bits per heavy atom. The van der Waals surface area contributed by atoms with Gasteiger partial charge in [0.05, 0.1) is 19.4 Å². The minimum atomic E-state index is -0.653. The first kappa shape index (κ1) is 16.1. The lowest BCUT2D eigenvalue weighted by atomic mass is 10.0. The minimum Gasteiger partial charge on any atom is -0.497 e. The number of nitrogens with two attached hydrogens (primary N) is 1. The van der Waals surface area contributed by atoms with Gasteiger partial charge in [-0.3, -0.25) is 4.79 Å². The third kappa shape index (κ3) is 3.14. The lowest BCUT2D eigenvalue weighted by molar-refractivity contribution is -0.126. The SMILES string of the molecule is COc1ccc(CC2Oc3cc(N)ccc3N(CCO)C2=O)cc1. The average molecular weight is 328 g/mol. The summed E-state index contributed by atoms with van der Waals surface area (Å²) in [4.78, 5) is 14.3. The van der Waals surface area contributed by atoms with E-state index >= 15 is 0 Å². The molecule has 0 aromatic heterocycles. The standard InChI is InChI=1S/C18H20N2O4/c1-23-14-5-2-12(3-6-14)10-17-18(22)20(8-9-21)15-7-4-13(19)11-16(15)24-17/h2-7,11,17,21H,8-10,19H2,1H3. The number of benzene rings is 2. The van der Waals surface area contributed by atoms with Gasteiger partial charge in [-0.1, -0.05) is 12.1 Å². The van der Waals surface area contributed by atoms with Crippen LogP contribution < -0.4 is 20.1 Å². The molecule has 1 unspecified atom stereocenters. The fraction of sp³-hybridized carbons (Fsp3) is 0.278. The number of hydrogen-bond acceptors (Lipinski definition) is 5. The van der Waals surface area contributed by atoms with Crippen LogP contribution in [-0.2, 0) is 11.2 Å². The summed E-state index contributed by atoms with van der Waals surface area (Å²) in [7, 11) is 1.61. The van der Waals surface area contributed by atoms with Gasteiger partial charge in [-0.2, -0.15) is 0 Å². The topological polar surface area (TPSA) is 85.0 Å². The Morgan fingerprint density at radius 2 is 2.00 bits per heavy atom. The zero-order valence-electron chi connectivity index (χ0n) is 13.4. The molecule has 6 nitrogen and oxygen atoms in total. The molecule has 1 amide bonds.